The van der Waals surface area contributed by atoms with Gasteiger partial charge in [-0.15, -0.1) is 0 Å². The van der Waals surface area contributed by atoms with Crippen molar-refractivity contribution in [2.45, 2.75) is 6.92 Å². The van der Waals surface area contributed by atoms with Crippen molar-refractivity contribution in [3.05, 3.63) is 41.1 Å². The predicted molar refractivity (Wildman–Crippen MR) is 52.3 cm³/mol. The van der Waals surface area contributed by atoms with Crippen LogP contribution in [-0.2, 0) is 9.53 Å². The Labute approximate surface area is 81.8 Å². The summed E-state index contributed by atoms with van der Waals surface area (Å²) in [5, 5.41) is 0.630. The van der Waals surface area contributed by atoms with Gasteiger partial charge in [0.15, 0.2) is 0 Å². The van der Waals surface area contributed by atoms with Gasteiger partial charge < -0.3 is 4.74 Å². The van der Waals surface area contributed by atoms with E-state index in [2.05, 4.69) is 4.74 Å². The number of rotatable bonds is 2. The first-order valence-electron chi connectivity index (χ1n) is 3.78. The molecular formula is C10H9ClO2. The van der Waals surface area contributed by atoms with Gasteiger partial charge in [-0.3, -0.25) is 4.79 Å². The van der Waals surface area contributed by atoms with Crippen molar-refractivity contribution in [3.63, 3.8) is 0 Å². The lowest BCUT2D eigenvalue weighted by molar-refractivity contribution is -0.135. The van der Waals surface area contributed by atoms with Crippen molar-refractivity contribution in [2.24, 2.45) is 0 Å². The van der Waals surface area contributed by atoms with E-state index in [9.17, 15) is 4.79 Å². The van der Waals surface area contributed by atoms with Crippen molar-refractivity contribution in [2.75, 3.05) is 0 Å². The molecule has 0 radical (unpaired) electrons. The summed E-state index contributed by atoms with van der Waals surface area (Å²) in [5.41, 5.74) is 0.824. The van der Waals surface area contributed by atoms with Gasteiger partial charge in [0, 0.05) is 11.9 Å². The van der Waals surface area contributed by atoms with Crippen molar-refractivity contribution in [1.29, 1.82) is 0 Å². The number of carbonyl (C=O) groups excluding carboxylic acids is 1. The summed E-state index contributed by atoms with van der Waals surface area (Å²) in [7, 11) is 0. The van der Waals surface area contributed by atoms with Crippen molar-refractivity contribution in [3.8, 4) is 0 Å². The van der Waals surface area contributed by atoms with Crippen molar-refractivity contribution in [1.82, 2.24) is 0 Å². The summed E-state index contributed by atoms with van der Waals surface area (Å²) in [4.78, 5) is 10.4. The quantitative estimate of drug-likeness (QED) is 0.537. The maximum atomic E-state index is 10.4. The van der Waals surface area contributed by atoms with Crippen LogP contribution in [0, 0.1) is 0 Å². The number of hydrogen-bond acceptors (Lipinski definition) is 2. The molecule has 0 saturated carbocycles. The van der Waals surface area contributed by atoms with Crippen LogP contribution < -0.4 is 0 Å². The fourth-order valence-electron chi connectivity index (χ4n) is 0.813. The lowest BCUT2D eigenvalue weighted by Gasteiger charge is -1.95. The Morgan fingerprint density at radius 3 is 2.77 bits per heavy atom. The molecular weight excluding hydrogens is 188 g/mol. The minimum atomic E-state index is -0.344. The third-order valence-electron chi connectivity index (χ3n) is 1.39. The highest BCUT2D eigenvalue weighted by atomic mass is 35.5. The first-order valence-corrected chi connectivity index (χ1v) is 4.16. The highest BCUT2D eigenvalue weighted by molar-refractivity contribution is 6.32. The molecule has 1 aromatic rings. The molecule has 0 fully saturated rings. The highest BCUT2D eigenvalue weighted by Crippen LogP contribution is 2.15. The summed E-state index contributed by atoms with van der Waals surface area (Å²) in [6.45, 7) is 1.34. The van der Waals surface area contributed by atoms with Crippen LogP contribution in [0.15, 0.2) is 30.5 Å². The molecule has 0 unspecified atom stereocenters. The van der Waals surface area contributed by atoms with Crippen LogP contribution in [0.4, 0.5) is 0 Å². The summed E-state index contributed by atoms with van der Waals surface area (Å²) in [6, 6.07) is 7.31. The van der Waals surface area contributed by atoms with Crippen molar-refractivity contribution < 1.29 is 9.53 Å². The summed E-state index contributed by atoms with van der Waals surface area (Å²) in [6.07, 6.45) is 2.97. The van der Waals surface area contributed by atoms with Crippen molar-refractivity contribution >= 4 is 23.6 Å². The summed E-state index contributed by atoms with van der Waals surface area (Å²) >= 11 is 5.85. The standard InChI is InChI=1S/C10H9ClO2/c1-8(12)13-7-6-9-4-2-3-5-10(9)11/h2-7H,1H3/b7-6+. The average molecular weight is 197 g/mol. The van der Waals surface area contributed by atoms with E-state index in [0.29, 0.717) is 5.02 Å². The molecule has 68 valence electrons. The molecule has 0 aromatic heterocycles. The molecule has 0 bridgehead atoms. The van der Waals surface area contributed by atoms with Crippen LogP contribution in [0.2, 0.25) is 5.02 Å². The Morgan fingerprint density at radius 1 is 1.46 bits per heavy atom. The zero-order chi connectivity index (χ0) is 9.68. The second-order valence-electron chi connectivity index (χ2n) is 2.43. The molecule has 1 aromatic carbocycles. The van der Waals surface area contributed by atoms with Gasteiger partial charge in [0.05, 0.1) is 6.26 Å². The van der Waals surface area contributed by atoms with Gasteiger partial charge in [-0.25, -0.2) is 0 Å². The minimum absolute atomic E-state index is 0.344. The van der Waals surface area contributed by atoms with Gasteiger partial charge in [-0.05, 0) is 17.7 Å². The molecule has 0 N–H and O–H groups in total. The van der Waals surface area contributed by atoms with Crippen LogP contribution in [0.5, 0.6) is 0 Å². The van der Waals surface area contributed by atoms with E-state index < -0.39 is 0 Å². The van der Waals surface area contributed by atoms with Crippen LogP contribution in [0.3, 0.4) is 0 Å². The van der Waals surface area contributed by atoms with E-state index in [1.165, 1.54) is 13.2 Å². The molecule has 0 aliphatic heterocycles. The maximum absolute atomic E-state index is 10.4. The maximum Gasteiger partial charge on any atom is 0.307 e. The summed E-state index contributed by atoms with van der Waals surface area (Å²) < 4.78 is 4.62. The molecule has 0 heterocycles. The van der Waals surface area contributed by atoms with Crippen LogP contribution in [-0.4, -0.2) is 5.97 Å². The minimum Gasteiger partial charge on any atom is -0.435 e. The SMILES string of the molecule is CC(=O)O/C=C/c1ccccc1Cl. The van der Waals surface area contributed by atoms with Crippen LogP contribution >= 0.6 is 11.6 Å². The van der Waals surface area contributed by atoms with Crippen LogP contribution in [0.25, 0.3) is 6.08 Å². The van der Waals surface area contributed by atoms with Gasteiger partial charge in [-0.1, -0.05) is 29.8 Å². The lowest BCUT2D eigenvalue weighted by Crippen LogP contribution is -1.89. The average Bonchev–Trinajstić information content (AvgIpc) is 2.08. The highest BCUT2D eigenvalue weighted by Gasteiger charge is 1.93. The number of ether oxygens (including phenoxy) is 1. The first-order chi connectivity index (χ1) is 6.20. The number of esters is 1. The third-order valence-corrected chi connectivity index (χ3v) is 1.73. The molecule has 0 amide bonds. The second kappa shape index (κ2) is 4.67. The Balaban J connectivity index is 2.68. The molecule has 1 rings (SSSR count). The fraction of sp³-hybridized carbons (Fsp3) is 0.100. The Hall–Kier alpha value is -1.28. The molecule has 0 aliphatic carbocycles. The van der Waals surface area contributed by atoms with E-state index in [4.69, 9.17) is 11.6 Å². The molecule has 0 saturated heterocycles. The molecule has 13 heavy (non-hydrogen) atoms. The number of hydrogen-bond donors (Lipinski definition) is 0. The van der Waals surface area contributed by atoms with E-state index in [0.717, 1.165) is 5.56 Å². The fourth-order valence-corrected chi connectivity index (χ4v) is 1.01. The number of benzene rings is 1. The predicted octanol–water partition coefficient (Wildman–Crippen LogP) is 2.87. The van der Waals surface area contributed by atoms with Crippen LogP contribution in [0.1, 0.15) is 12.5 Å². The first kappa shape index (κ1) is 9.81. The second-order valence-corrected chi connectivity index (χ2v) is 2.84. The topological polar surface area (TPSA) is 26.3 Å². The van der Waals surface area contributed by atoms with E-state index in [-0.39, 0.29) is 5.97 Å². The number of carbonyl (C=O) groups is 1. The third kappa shape index (κ3) is 3.30. The van der Waals surface area contributed by atoms with Gasteiger partial charge in [0.2, 0.25) is 0 Å². The Kier molecular flexibility index (Phi) is 3.53. The molecule has 0 atom stereocenters. The van der Waals surface area contributed by atoms with E-state index in [1.807, 2.05) is 18.2 Å². The zero-order valence-electron chi connectivity index (χ0n) is 7.16. The molecule has 0 aliphatic rings. The normalized spacial score (nSPS) is 10.3. The molecule has 0 spiro atoms. The lowest BCUT2D eigenvalue weighted by atomic mass is 10.2. The largest absolute Gasteiger partial charge is 0.435 e. The molecule has 2 nitrogen and oxygen atoms in total. The number of halogens is 1. The summed E-state index contributed by atoms with van der Waals surface area (Å²) in [5.74, 6) is -0.344. The monoisotopic (exact) mass is 196 g/mol. The Bertz CT molecular complexity index is 331. The van der Waals surface area contributed by atoms with Gasteiger partial charge in [0.1, 0.15) is 0 Å². The zero-order valence-corrected chi connectivity index (χ0v) is 7.91. The van der Waals surface area contributed by atoms with Gasteiger partial charge >= 0.3 is 5.97 Å². The molecule has 3 heteroatoms. The van der Waals surface area contributed by atoms with E-state index >= 15 is 0 Å². The van der Waals surface area contributed by atoms with Gasteiger partial charge in [0.25, 0.3) is 0 Å². The van der Waals surface area contributed by atoms with E-state index in [1.54, 1.807) is 12.1 Å². The Morgan fingerprint density at radius 2 is 2.15 bits per heavy atom. The smallest absolute Gasteiger partial charge is 0.307 e. The van der Waals surface area contributed by atoms with Gasteiger partial charge in [-0.2, -0.15) is 0 Å².